The van der Waals surface area contributed by atoms with Crippen molar-refractivity contribution in [1.29, 1.82) is 0 Å². The van der Waals surface area contributed by atoms with Crippen LogP contribution in [-0.4, -0.2) is 15.5 Å². The summed E-state index contributed by atoms with van der Waals surface area (Å²) in [6, 6.07) is 2.93. The number of halogens is 2. The highest BCUT2D eigenvalue weighted by atomic mass is 32.1. The van der Waals surface area contributed by atoms with Crippen molar-refractivity contribution >= 4 is 23.1 Å². The van der Waals surface area contributed by atoms with E-state index in [2.05, 4.69) is 14.9 Å². The average Bonchev–Trinajstić information content (AvgIpc) is 2.68. The van der Waals surface area contributed by atoms with Crippen molar-refractivity contribution in [3.05, 3.63) is 40.4 Å². The Hall–Kier alpha value is -1.89. The van der Waals surface area contributed by atoms with E-state index in [1.165, 1.54) is 0 Å². The number of hydrogen-bond donors (Lipinski definition) is 1. The maximum atomic E-state index is 13.3. The molecule has 1 aromatic heterocycles. The van der Waals surface area contributed by atoms with Crippen LogP contribution in [0.3, 0.4) is 0 Å². The zero-order valence-corrected chi connectivity index (χ0v) is 9.52. The molecule has 1 aromatic carbocycles. The molecule has 7 heteroatoms. The largest absolute Gasteiger partial charge is 0.319 e. The maximum Gasteiger partial charge on any atom is 0.269 e. The zero-order valence-electron chi connectivity index (χ0n) is 8.70. The van der Waals surface area contributed by atoms with Crippen molar-refractivity contribution in [2.45, 2.75) is 6.92 Å². The number of hydrogen-bond acceptors (Lipinski definition) is 4. The lowest BCUT2D eigenvalue weighted by Crippen LogP contribution is -2.12. The number of aryl methyl sites for hydroxylation is 1. The van der Waals surface area contributed by atoms with E-state index >= 15 is 0 Å². The summed E-state index contributed by atoms with van der Waals surface area (Å²) in [6.07, 6.45) is 0. The van der Waals surface area contributed by atoms with Crippen LogP contribution in [0.25, 0.3) is 0 Å². The van der Waals surface area contributed by atoms with Crippen LogP contribution in [0.1, 0.15) is 15.4 Å². The third-order valence-electron chi connectivity index (χ3n) is 2.04. The molecule has 1 heterocycles. The van der Waals surface area contributed by atoms with Crippen molar-refractivity contribution < 1.29 is 13.6 Å². The van der Waals surface area contributed by atoms with Gasteiger partial charge in [0.15, 0.2) is 0 Å². The third kappa shape index (κ3) is 2.44. The highest BCUT2D eigenvalue weighted by Crippen LogP contribution is 2.17. The molecular formula is C10H7F2N3OS. The second-order valence-corrected chi connectivity index (χ2v) is 4.02. The van der Waals surface area contributed by atoms with Crippen LogP contribution in [0.4, 0.5) is 14.5 Å². The van der Waals surface area contributed by atoms with E-state index < -0.39 is 17.5 Å². The third-order valence-corrected chi connectivity index (χ3v) is 2.86. The normalized spacial score (nSPS) is 10.3. The summed E-state index contributed by atoms with van der Waals surface area (Å²) in [7, 11) is 0. The van der Waals surface area contributed by atoms with E-state index in [-0.39, 0.29) is 5.69 Å². The van der Waals surface area contributed by atoms with Crippen molar-refractivity contribution in [1.82, 2.24) is 9.59 Å². The minimum absolute atomic E-state index is 0.0794. The number of rotatable bonds is 2. The van der Waals surface area contributed by atoms with Crippen molar-refractivity contribution in [3.8, 4) is 0 Å². The fraction of sp³-hybridized carbons (Fsp3) is 0.100. The van der Waals surface area contributed by atoms with E-state index in [1.807, 2.05) is 0 Å². The molecule has 0 aliphatic heterocycles. The Balaban J connectivity index is 2.22. The monoisotopic (exact) mass is 255 g/mol. The van der Waals surface area contributed by atoms with Gasteiger partial charge in [-0.3, -0.25) is 4.79 Å². The molecule has 2 aromatic rings. The first-order chi connectivity index (χ1) is 8.08. The van der Waals surface area contributed by atoms with E-state index in [4.69, 9.17) is 0 Å². The Morgan fingerprint density at radius 2 is 2.18 bits per heavy atom. The topological polar surface area (TPSA) is 54.9 Å². The Labute approximate surface area is 99.5 Å². The molecule has 17 heavy (non-hydrogen) atoms. The number of carbonyl (C=O) groups is 1. The molecule has 88 valence electrons. The number of carbonyl (C=O) groups excluding carboxylic acids is 1. The van der Waals surface area contributed by atoms with Crippen molar-refractivity contribution in [2.24, 2.45) is 0 Å². The lowest BCUT2D eigenvalue weighted by Gasteiger charge is -2.04. The lowest BCUT2D eigenvalue weighted by atomic mass is 10.3. The molecule has 0 saturated heterocycles. The summed E-state index contributed by atoms with van der Waals surface area (Å²) in [6.45, 7) is 1.62. The fourth-order valence-corrected chi connectivity index (χ4v) is 1.76. The van der Waals surface area contributed by atoms with Gasteiger partial charge in [-0.15, -0.1) is 5.10 Å². The Morgan fingerprint density at radius 1 is 1.41 bits per heavy atom. The predicted molar refractivity (Wildman–Crippen MR) is 59.0 cm³/mol. The van der Waals surface area contributed by atoms with Gasteiger partial charge in [-0.2, -0.15) is 0 Å². The van der Waals surface area contributed by atoms with Gasteiger partial charge in [0, 0.05) is 6.07 Å². The smallest absolute Gasteiger partial charge is 0.269 e. The van der Waals surface area contributed by atoms with Crippen LogP contribution in [0.15, 0.2) is 18.2 Å². The quantitative estimate of drug-likeness (QED) is 0.896. The van der Waals surface area contributed by atoms with Crippen molar-refractivity contribution in [2.75, 3.05) is 5.32 Å². The number of benzene rings is 1. The van der Waals surface area contributed by atoms with Gasteiger partial charge in [-0.05, 0) is 30.6 Å². The molecular weight excluding hydrogens is 248 g/mol. The van der Waals surface area contributed by atoms with Gasteiger partial charge in [-0.25, -0.2) is 8.78 Å². The van der Waals surface area contributed by atoms with E-state index in [1.54, 1.807) is 6.92 Å². The van der Waals surface area contributed by atoms with Crippen LogP contribution in [0, 0.1) is 18.6 Å². The standard InChI is InChI=1S/C10H7F2N3OS/c1-5-9(17-15-14-5)10(16)13-8-3-2-6(11)4-7(8)12/h2-4H,1H3,(H,13,16). The summed E-state index contributed by atoms with van der Waals surface area (Å²) in [5.41, 5.74) is 0.388. The van der Waals surface area contributed by atoms with Crippen LogP contribution >= 0.6 is 11.5 Å². The average molecular weight is 255 g/mol. The van der Waals surface area contributed by atoms with Gasteiger partial charge in [0.25, 0.3) is 5.91 Å². The Bertz CT molecular complexity index is 570. The van der Waals surface area contributed by atoms with Gasteiger partial charge in [0.2, 0.25) is 0 Å². The van der Waals surface area contributed by atoms with Crippen LogP contribution in [0.2, 0.25) is 0 Å². The number of anilines is 1. The fourth-order valence-electron chi connectivity index (χ4n) is 1.21. The van der Waals surface area contributed by atoms with Crippen LogP contribution in [-0.2, 0) is 0 Å². The van der Waals surface area contributed by atoms with Gasteiger partial charge in [0.05, 0.1) is 11.4 Å². The molecule has 0 spiro atoms. The molecule has 0 fully saturated rings. The molecule has 0 unspecified atom stereocenters. The van der Waals surface area contributed by atoms with E-state index in [9.17, 15) is 13.6 Å². The van der Waals surface area contributed by atoms with Crippen LogP contribution in [0.5, 0.6) is 0 Å². The predicted octanol–water partition coefficient (Wildman–Crippen LogP) is 2.38. The van der Waals surface area contributed by atoms with Crippen LogP contribution < -0.4 is 5.32 Å². The molecule has 0 bridgehead atoms. The summed E-state index contributed by atoms with van der Waals surface area (Å²) < 4.78 is 29.5. The summed E-state index contributed by atoms with van der Waals surface area (Å²) >= 11 is 0.916. The summed E-state index contributed by atoms with van der Waals surface area (Å²) in [4.78, 5) is 12.0. The summed E-state index contributed by atoms with van der Waals surface area (Å²) in [5.74, 6) is -2.03. The van der Waals surface area contributed by atoms with E-state index in [0.717, 1.165) is 23.7 Å². The molecule has 0 saturated carbocycles. The molecule has 1 N–H and O–H groups in total. The Kier molecular flexibility index (Phi) is 3.10. The molecule has 0 aliphatic rings. The highest BCUT2D eigenvalue weighted by Gasteiger charge is 2.15. The minimum atomic E-state index is -0.825. The second kappa shape index (κ2) is 4.54. The molecule has 2 rings (SSSR count). The molecule has 0 radical (unpaired) electrons. The number of amides is 1. The number of nitrogens with zero attached hydrogens (tertiary/aromatic N) is 2. The first-order valence-electron chi connectivity index (χ1n) is 4.63. The highest BCUT2D eigenvalue weighted by molar-refractivity contribution is 7.08. The van der Waals surface area contributed by atoms with Gasteiger partial charge >= 0.3 is 0 Å². The first kappa shape index (κ1) is 11.6. The summed E-state index contributed by atoms with van der Waals surface area (Å²) in [5, 5.41) is 6.00. The SMILES string of the molecule is Cc1nnsc1C(=O)Nc1ccc(F)cc1F. The number of nitrogens with one attached hydrogen (secondary N) is 1. The van der Waals surface area contributed by atoms with Gasteiger partial charge < -0.3 is 5.32 Å². The molecule has 1 amide bonds. The first-order valence-corrected chi connectivity index (χ1v) is 5.40. The zero-order chi connectivity index (χ0) is 12.4. The number of aromatic nitrogens is 2. The minimum Gasteiger partial charge on any atom is -0.319 e. The van der Waals surface area contributed by atoms with E-state index in [0.29, 0.717) is 16.6 Å². The van der Waals surface area contributed by atoms with Gasteiger partial charge in [-0.1, -0.05) is 4.49 Å². The lowest BCUT2D eigenvalue weighted by molar-refractivity contribution is 0.102. The second-order valence-electron chi connectivity index (χ2n) is 3.27. The maximum absolute atomic E-state index is 13.3. The van der Waals surface area contributed by atoms with Crippen molar-refractivity contribution in [3.63, 3.8) is 0 Å². The van der Waals surface area contributed by atoms with Gasteiger partial charge in [0.1, 0.15) is 16.5 Å². The molecule has 0 atom stereocenters. The molecule has 0 aliphatic carbocycles. The Morgan fingerprint density at radius 3 is 2.76 bits per heavy atom. The molecule has 4 nitrogen and oxygen atoms in total.